The molecule has 0 amide bonds. The standard InChI is InChI=1S/C6H11NO3S/c1-11(8,9)7-5-3-2-4-10-6(5)7/h5-6H,2-4H2,1H3/t5-,6+,7?/m1/s1. The van der Waals surface area contributed by atoms with Gasteiger partial charge in [0.25, 0.3) is 0 Å². The van der Waals surface area contributed by atoms with E-state index in [1.54, 1.807) is 0 Å². The highest BCUT2D eigenvalue weighted by molar-refractivity contribution is 7.88. The van der Waals surface area contributed by atoms with Gasteiger partial charge in [0.1, 0.15) is 6.23 Å². The third-order valence-electron chi connectivity index (χ3n) is 2.13. The Labute approximate surface area is 66.2 Å². The van der Waals surface area contributed by atoms with Crippen LogP contribution < -0.4 is 0 Å². The van der Waals surface area contributed by atoms with Crippen LogP contribution in [0.2, 0.25) is 0 Å². The summed E-state index contributed by atoms with van der Waals surface area (Å²) in [5.74, 6) is 0. The molecule has 3 atom stereocenters. The minimum Gasteiger partial charge on any atom is -0.360 e. The number of hydrogen-bond donors (Lipinski definition) is 0. The molecule has 0 radical (unpaired) electrons. The van der Waals surface area contributed by atoms with Crippen LogP contribution in [-0.4, -0.2) is 37.9 Å². The number of ether oxygens (including phenoxy) is 1. The Bertz CT molecular complexity index is 249. The van der Waals surface area contributed by atoms with Gasteiger partial charge >= 0.3 is 0 Å². The van der Waals surface area contributed by atoms with Gasteiger partial charge < -0.3 is 4.74 Å². The maximum atomic E-state index is 11.0. The molecule has 64 valence electrons. The van der Waals surface area contributed by atoms with E-state index in [1.165, 1.54) is 10.6 Å². The predicted octanol–water partition coefficient (Wildman–Crippen LogP) is -0.233. The molecule has 2 fully saturated rings. The zero-order valence-electron chi connectivity index (χ0n) is 6.36. The maximum Gasteiger partial charge on any atom is 0.213 e. The maximum absolute atomic E-state index is 11.0. The predicted molar refractivity (Wildman–Crippen MR) is 39.4 cm³/mol. The zero-order chi connectivity index (χ0) is 8.06. The van der Waals surface area contributed by atoms with Crippen LogP contribution in [0.4, 0.5) is 0 Å². The lowest BCUT2D eigenvalue weighted by molar-refractivity contribution is 0.0788. The van der Waals surface area contributed by atoms with Crippen molar-refractivity contribution in [1.29, 1.82) is 0 Å². The van der Waals surface area contributed by atoms with E-state index >= 15 is 0 Å². The summed E-state index contributed by atoms with van der Waals surface area (Å²) in [6, 6.07) is 0.152. The van der Waals surface area contributed by atoms with Gasteiger partial charge in [-0.1, -0.05) is 0 Å². The van der Waals surface area contributed by atoms with Crippen LogP contribution in [0.5, 0.6) is 0 Å². The lowest BCUT2D eigenvalue weighted by atomic mass is 10.2. The van der Waals surface area contributed by atoms with Crippen LogP contribution in [0.25, 0.3) is 0 Å². The Morgan fingerprint density at radius 2 is 2.27 bits per heavy atom. The molecule has 0 spiro atoms. The molecule has 0 aromatic carbocycles. The first-order chi connectivity index (χ1) is 5.11. The summed E-state index contributed by atoms with van der Waals surface area (Å²) in [5, 5.41) is 0. The van der Waals surface area contributed by atoms with E-state index in [0.29, 0.717) is 6.61 Å². The zero-order valence-corrected chi connectivity index (χ0v) is 7.17. The molecule has 4 nitrogen and oxygen atoms in total. The van der Waals surface area contributed by atoms with Gasteiger partial charge in [-0.05, 0) is 12.8 Å². The van der Waals surface area contributed by atoms with E-state index in [0.717, 1.165) is 12.8 Å². The van der Waals surface area contributed by atoms with Crippen LogP contribution in [0, 0.1) is 0 Å². The molecule has 2 heterocycles. The molecular weight excluding hydrogens is 166 g/mol. The fourth-order valence-electron chi connectivity index (χ4n) is 1.62. The number of rotatable bonds is 1. The Morgan fingerprint density at radius 1 is 1.55 bits per heavy atom. The summed E-state index contributed by atoms with van der Waals surface area (Å²) >= 11 is 0. The van der Waals surface area contributed by atoms with Crippen molar-refractivity contribution in [3.63, 3.8) is 0 Å². The minimum absolute atomic E-state index is 0.126. The van der Waals surface area contributed by atoms with E-state index in [1.807, 2.05) is 0 Å². The second-order valence-electron chi connectivity index (χ2n) is 3.06. The lowest BCUT2D eigenvalue weighted by Crippen LogP contribution is -2.13. The quantitative estimate of drug-likeness (QED) is 0.520. The van der Waals surface area contributed by atoms with Gasteiger partial charge in [0, 0.05) is 6.61 Å². The first-order valence-electron chi connectivity index (χ1n) is 3.71. The number of fused-ring (bicyclic) bond motifs is 1. The van der Waals surface area contributed by atoms with Crippen LogP contribution in [0.3, 0.4) is 0 Å². The molecule has 0 aliphatic carbocycles. The first kappa shape index (κ1) is 7.52. The summed E-state index contributed by atoms with van der Waals surface area (Å²) in [6.45, 7) is 0.702. The number of hydrogen-bond acceptors (Lipinski definition) is 3. The molecule has 0 saturated carbocycles. The molecule has 2 aliphatic rings. The van der Waals surface area contributed by atoms with Gasteiger partial charge in [0.05, 0.1) is 12.3 Å². The van der Waals surface area contributed by atoms with Crippen molar-refractivity contribution in [2.45, 2.75) is 25.1 Å². The highest BCUT2D eigenvalue weighted by Gasteiger charge is 2.55. The highest BCUT2D eigenvalue weighted by Crippen LogP contribution is 2.38. The minimum atomic E-state index is -3.00. The number of sulfonamides is 1. The second kappa shape index (κ2) is 2.18. The monoisotopic (exact) mass is 177 g/mol. The van der Waals surface area contributed by atoms with Crippen molar-refractivity contribution in [3.8, 4) is 0 Å². The molecule has 5 heteroatoms. The van der Waals surface area contributed by atoms with Crippen molar-refractivity contribution in [2.24, 2.45) is 0 Å². The molecule has 0 aromatic heterocycles. The Kier molecular flexibility index (Phi) is 1.49. The molecule has 2 rings (SSSR count). The Morgan fingerprint density at radius 3 is 2.73 bits per heavy atom. The normalized spacial score (nSPS) is 43.2. The van der Waals surface area contributed by atoms with Crippen LogP contribution in [0.1, 0.15) is 12.8 Å². The second-order valence-corrected chi connectivity index (χ2v) is 4.95. The third kappa shape index (κ3) is 1.17. The molecule has 2 aliphatic heterocycles. The van der Waals surface area contributed by atoms with E-state index in [-0.39, 0.29) is 12.3 Å². The first-order valence-corrected chi connectivity index (χ1v) is 5.55. The van der Waals surface area contributed by atoms with Gasteiger partial charge in [0.15, 0.2) is 0 Å². The van der Waals surface area contributed by atoms with E-state index < -0.39 is 10.0 Å². The van der Waals surface area contributed by atoms with E-state index in [4.69, 9.17) is 4.74 Å². The largest absolute Gasteiger partial charge is 0.360 e. The average Bonchev–Trinajstić information content (AvgIpc) is 2.58. The summed E-state index contributed by atoms with van der Waals surface area (Å²) < 4.78 is 28.7. The third-order valence-corrected chi connectivity index (χ3v) is 3.38. The topological polar surface area (TPSA) is 46.4 Å². The SMILES string of the molecule is CS(=O)(=O)N1[C@@H]2CCCO[C@@H]21. The fourth-order valence-corrected chi connectivity index (χ4v) is 2.85. The van der Waals surface area contributed by atoms with Crippen LogP contribution >= 0.6 is 0 Å². The molecule has 0 aromatic rings. The van der Waals surface area contributed by atoms with Crippen molar-refractivity contribution in [3.05, 3.63) is 0 Å². The molecule has 0 bridgehead atoms. The molecule has 2 saturated heterocycles. The summed E-state index contributed by atoms with van der Waals surface area (Å²) in [5.41, 5.74) is 0. The van der Waals surface area contributed by atoms with Gasteiger partial charge in [-0.25, -0.2) is 8.42 Å². The summed E-state index contributed by atoms with van der Waals surface area (Å²) in [7, 11) is -3.00. The highest BCUT2D eigenvalue weighted by atomic mass is 32.2. The lowest BCUT2D eigenvalue weighted by Gasteiger charge is -2.04. The number of nitrogens with zero attached hydrogens (tertiary/aromatic N) is 1. The molecule has 11 heavy (non-hydrogen) atoms. The fraction of sp³-hybridized carbons (Fsp3) is 1.00. The van der Waals surface area contributed by atoms with Gasteiger partial charge in [-0.15, -0.1) is 0 Å². The summed E-state index contributed by atoms with van der Waals surface area (Å²) in [6.07, 6.45) is 3.04. The Balaban J connectivity index is 2.12. The van der Waals surface area contributed by atoms with Crippen molar-refractivity contribution in [1.82, 2.24) is 4.31 Å². The molecular formula is C6H11NO3S. The van der Waals surface area contributed by atoms with Crippen LogP contribution in [0.15, 0.2) is 0 Å². The molecule has 0 N–H and O–H groups in total. The summed E-state index contributed by atoms with van der Waals surface area (Å²) in [4.78, 5) is 0. The van der Waals surface area contributed by atoms with Gasteiger partial charge in [-0.2, -0.15) is 4.31 Å². The van der Waals surface area contributed by atoms with Gasteiger partial charge in [-0.3, -0.25) is 0 Å². The van der Waals surface area contributed by atoms with Crippen molar-refractivity contribution >= 4 is 10.0 Å². The molecule has 1 unspecified atom stereocenters. The Hall–Kier alpha value is -0.130. The van der Waals surface area contributed by atoms with E-state index in [2.05, 4.69) is 0 Å². The van der Waals surface area contributed by atoms with Gasteiger partial charge in [0.2, 0.25) is 10.0 Å². The average molecular weight is 177 g/mol. The van der Waals surface area contributed by atoms with Crippen molar-refractivity contribution in [2.75, 3.05) is 12.9 Å². The van der Waals surface area contributed by atoms with Crippen molar-refractivity contribution < 1.29 is 13.2 Å². The van der Waals surface area contributed by atoms with Crippen LogP contribution in [-0.2, 0) is 14.8 Å². The smallest absolute Gasteiger partial charge is 0.213 e. The van der Waals surface area contributed by atoms with E-state index in [9.17, 15) is 8.42 Å².